The third kappa shape index (κ3) is 11.4. The lowest BCUT2D eigenvalue weighted by Gasteiger charge is -2.32. The number of carbonyl (C=O) groups is 4. The van der Waals surface area contributed by atoms with Gasteiger partial charge in [-0.05, 0) is 77.4 Å². The Labute approximate surface area is 249 Å². The Morgan fingerprint density at radius 2 is 1.62 bits per heavy atom. The molecule has 1 aromatic heterocycles. The molecule has 0 unspecified atom stereocenters. The van der Waals surface area contributed by atoms with Crippen LogP contribution < -0.4 is 16.0 Å². The highest BCUT2D eigenvalue weighted by Gasteiger charge is 2.40. The zero-order valence-electron chi connectivity index (χ0n) is 24.5. The van der Waals surface area contributed by atoms with Gasteiger partial charge in [0.15, 0.2) is 0 Å². The van der Waals surface area contributed by atoms with Crippen LogP contribution >= 0.6 is 11.3 Å². The van der Waals surface area contributed by atoms with Gasteiger partial charge in [-0.1, -0.05) is 12.1 Å². The van der Waals surface area contributed by atoms with Crippen LogP contribution in [0.5, 0.6) is 0 Å². The van der Waals surface area contributed by atoms with E-state index in [1.165, 1.54) is 17.4 Å². The first-order valence-electron chi connectivity index (χ1n) is 13.0. The normalized spacial score (nSPS) is 12.8. The van der Waals surface area contributed by atoms with E-state index >= 15 is 0 Å². The first kappa shape index (κ1) is 33.5. The van der Waals surface area contributed by atoms with Gasteiger partial charge >= 0.3 is 12.1 Å². The van der Waals surface area contributed by atoms with Gasteiger partial charge in [0.2, 0.25) is 5.91 Å². The lowest BCUT2D eigenvalue weighted by Crippen LogP contribution is -2.60. The molecule has 42 heavy (non-hydrogen) atoms. The first-order valence-corrected chi connectivity index (χ1v) is 13.8. The second-order valence-corrected chi connectivity index (χ2v) is 12.5. The summed E-state index contributed by atoms with van der Waals surface area (Å²) in [6.07, 6.45) is 1.07. The van der Waals surface area contributed by atoms with E-state index in [-0.39, 0.29) is 13.0 Å². The second kappa shape index (κ2) is 14.3. The lowest BCUT2D eigenvalue weighted by molar-refractivity contribution is -0.148. The fraction of sp³-hybridized carbons (Fsp3) is 0.400. The number of nitriles is 2. The molecule has 0 saturated heterocycles. The fourth-order valence-corrected chi connectivity index (χ4v) is 4.31. The number of amides is 3. The largest absolute Gasteiger partial charge is 0.457 e. The van der Waals surface area contributed by atoms with Crippen molar-refractivity contribution in [2.24, 2.45) is 0 Å². The van der Waals surface area contributed by atoms with Gasteiger partial charge in [0.1, 0.15) is 27.7 Å². The summed E-state index contributed by atoms with van der Waals surface area (Å²) >= 11 is 1.23. The number of nitrogens with zero attached hydrogens (tertiary/aromatic N) is 2. The van der Waals surface area contributed by atoms with Crippen molar-refractivity contribution in [2.45, 2.75) is 71.2 Å². The zero-order valence-corrected chi connectivity index (χ0v) is 25.3. The van der Waals surface area contributed by atoms with Gasteiger partial charge in [-0.2, -0.15) is 10.5 Å². The molecule has 0 aliphatic heterocycles. The van der Waals surface area contributed by atoms with Crippen molar-refractivity contribution in [3.05, 3.63) is 69.4 Å². The number of ether oxygens (including phenoxy) is 2. The molecule has 0 spiro atoms. The van der Waals surface area contributed by atoms with Crippen LogP contribution in [0.1, 0.15) is 62.4 Å². The molecule has 0 aliphatic carbocycles. The molecule has 1 aromatic carbocycles. The monoisotopic (exact) mass is 593 g/mol. The average Bonchev–Trinajstić information content (AvgIpc) is 3.35. The molecule has 0 fully saturated rings. The lowest BCUT2D eigenvalue weighted by atomic mass is 9.88. The van der Waals surface area contributed by atoms with E-state index in [0.717, 1.165) is 11.0 Å². The quantitative estimate of drug-likeness (QED) is 0.277. The van der Waals surface area contributed by atoms with Crippen LogP contribution in [0, 0.1) is 22.7 Å². The highest BCUT2D eigenvalue weighted by molar-refractivity contribution is 7.12. The molecule has 0 radical (unpaired) electrons. The minimum atomic E-state index is -1.93. The zero-order chi connectivity index (χ0) is 31.6. The van der Waals surface area contributed by atoms with E-state index in [2.05, 4.69) is 16.0 Å². The maximum Gasteiger partial charge on any atom is 0.408 e. The number of alkyl carbamates (subject to hydrolysis) is 1. The van der Waals surface area contributed by atoms with Gasteiger partial charge in [-0.15, -0.1) is 11.3 Å². The summed E-state index contributed by atoms with van der Waals surface area (Å²) in [6, 6.07) is 13.8. The SMILES string of the molecule is CC(C)(C)OC(=O)/C=C/[C@@](Cc1cccc(C#N)c1)(NC(=O)OC(C)(C)C)C(=O)NCC(=O)NCc1ccc(C#N)s1. The van der Waals surface area contributed by atoms with Crippen molar-refractivity contribution in [1.82, 2.24) is 16.0 Å². The van der Waals surface area contributed by atoms with Crippen LogP contribution in [0.4, 0.5) is 4.79 Å². The van der Waals surface area contributed by atoms with Crippen LogP contribution in [0.15, 0.2) is 48.6 Å². The Morgan fingerprint density at radius 1 is 0.929 bits per heavy atom. The number of thiophene rings is 1. The number of esters is 1. The third-order valence-corrected chi connectivity index (χ3v) is 6.21. The van der Waals surface area contributed by atoms with Gasteiger partial charge < -0.3 is 25.4 Å². The van der Waals surface area contributed by atoms with E-state index in [1.807, 2.05) is 12.1 Å². The summed E-state index contributed by atoms with van der Waals surface area (Å²) < 4.78 is 10.7. The Bertz CT molecular complexity index is 1420. The molecule has 1 heterocycles. The maximum atomic E-state index is 13.8. The van der Waals surface area contributed by atoms with E-state index in [0.29, 0.717) is 16.0 Å². The predicted molar refractivity (Wildman–Crippen MR) is 156 cm³/mol. The van der Waals surface area contributed by atoms with Gasteiger partial charge in [-0.3, -0.25) is 9.59 Å². The van der Waals surface area contributed by atoms with Crippen LogP contribution in [0.2, 0.25) is 0 Å². The topological polar surface area (TPSA) is 170 Å². The van der Waals surface area contributed by atoms with E-state index < -0.39 is 47.2 Å². The summed E-state index contributed by atoms with van der Waals surface area (Å²) in [7, 11) is 0. The second-order valence-electron chi connectivity index (χ2n) is 11.3. The Hall–Kier alpha value is -4.68. The third-order valence-electron chi connectivity index (χ3n) is 5.22. The first-order chi connectivity index (χ1) is 19.5. The molecule has 0 aliphatic rings. The molecule has 2 rings (SSSR count). The average molecular weight is 594 g/mol. The molecular weight excluding hydrogens is 558 g/mol. The Balaban J connectivity index is 2.40. The summed E-state index contributed by atoms with van der Waals surface area (Å²) in [5.74, 6) is -2.10. The molecular formula is C30H35N5O6S. The highest BCUT2D eigenvalue weighted by atomic mass is 32.1. The van der Waals surface area contributed by atoms with E-state index in [1.54, 1.807) is 77.9 Å². The molecule has 0 bridgehead atoms. The number of rotatable bonds is 10. The van der Waals surface area contributed by atoms with Crippen molar-refractivity contribution < 1.29 is 28.7 Å². The number of nitrogens with one attached hydrogen (secondary N) is 3. The van der Waals surface area contributed by atoms with Gasteiger partial charge in [-0.25, -0.2) is 9.59 Å². The molecule has 12 heteroatoms. The fourth-order valence-electron chi connectivity index (χ4n) is 3.56. The van der Waals surface area contributed by atoms with Crippen molar-refractivity contribution in [3.8, 4) is 12.1 Å². The van der Waals surface area contributed by atoms with Crippen LogP contribution in [-0.4, -0.2) is 47.2 Å². The van der Waals surface area contributed by atoms with E-state index in [9.17, 15) is 24.4 Å². The van der Waals surface area contributed by atoms with Crippen molar-refractivity contribution in [3.63, 3.8) is 0 Å². The Morgan fingerprint density at radius 3 is 2.21 bits per heavy atom. The number of carbonyl (C=O) groups excluding carboxylic acids is 4. The molecule has 3 amide bonds. The summed E-state index contributed by atoms with van der Waals surface area (Å²) in [6.45, 7) is 9.70. The molecule has 3 N–H and O–H groups in total. The minimum Gasteiger partial charge on any atom is -0.457 e. The number of hydrogen-bond acceptors (Lipinski definition) is 9. The predicted octanol–water partition coefficient (Wildman–Crippen LogP) is 3.63. The van der Waals surface area contributed by atoms with Gasteiger partial charge in [0.25, 0.3) is 5.91 Å². The van der Waals surface area contributed by atoms with Crippen molar-refractivity contribution >= 4 is 35.2 Å². The van der Waals surface area contributed by atoms with Crippen LogP contribution in [0.25, 0.3) is 0 Å². The number of benzene rings is 1. The number of hydrogen-bond donors (Lipinski definition) is 3. The summed E-state index contributed by atoms with van der Waals surface area (Å²) in [4.78, 5) is 53.2. The smallest absolute Gasteiger partial charge is 0.408 e. The van der Waals surface area contributed by atoms with Crippen LogP contribution in [-0.2, 0) is 36.8 Å². The summed E-state index contributed by atoms with van der Waals surface area (Å²) in [5.41, 5.74) is -2.84. The Kier molecular flexibility index (Phi) is 11.4. The maximum absolute atomic E-state index is 13.8. The molecule has 222 valence electrons. The summed E-state index contributed by atoms with van der Waals surface area (Å²) in [5, 5.41) is 26.1. The van der Waals surface area contributed by atoms with Gasteiger partial charge in [0, 0.05) is 17.4 Å². The van der Waals surface area contributed by atoms with Gasteiger partial charge in [0.05, 0.1) is 24.7 Å². The molecule has 11 nitrogen and oxygen atoms in total. The molecule has 0 saturated carbocycles. The molecule has 2 aromatic rings. The minimum absolute atomic E-state index is 0.155. The van der Waals surface area contributed by atoms with E-state index in [4.69, 9.17) is 14.7 Å². The highest BCUT2D eigenvalue weighted by Crippen LogP contribution is 2.20. The standard InChI is InChI=1S/C30H35N5O6S/c1-28(2,3)40-25(37)12-13-30(35-27(39)41-29(4,5)6,15-20-8-7-9-21(14-20)16-31)26(38)34-19-24(36)33-18-23-11-10-22(17-32)42-23/h7-14H,15,18-19H2,1-6H3,(H,33,36)(H,34,38)(H,35,39)/b13-12+/t30-/m0/s1. The van der Waals surface area contributed by atoms with Crippen molar-refractivity contribution in [1.29, 1.82) is 10.5 Å². The van der Waals surface area contributed by atoms with Crippen LogP contribution in [0.3, 0.4) is 0 Å². The molecule has 1 atom stereocenters. The van der Waals surface area contributed by atoms with Crippen molar-refractivity contribution in [2.75, 3.05) is 6.54 Å².